The Hall–Kier alpha value is -4.64. The van der Waals surface area contributed by atoms with E-state index in [0.717, 1.165) is 54.1 Å². The van der Waals surface area contributed by atoms with Crippen LogP contribution in [0, 0.1) is 0 Å². The van der Waals surface area contributed by atoms with Crippen molar-refractivity contribution < 1.29 is 50.9 Å². The molecule has 0 saturated carbocycles. The van der Waals surface area contributed by atoms with Gasteiger partial charge in [0.15, 0.2) is 0 Å². The molecule has 0 spiro atoms. The number of carbonyl (C=O) groups is 2. The Morgan fingerprint density at radius 1 is 1.00 bits per heavy atom. The summed E-state index contributed by atoms with van der Waals surface area (Å²) in [5.41, 5.74) is 3.26. The Balaban J connectivity index is 0.000000317. The SMILES string of the molecule is Clc1ccccc1-c1ccc2cnc(Nc3cnccc3O[C@H]3CCCNC3)n2n1.O=C(O)C(F)(F)F.O=C(O)C(F)(F)F. The quantitative estimate of drug-likeness (QED) is 0.202. The minimum Gasteiger partial charge on any atom is -0.487 e. The van der Waals surface area contributed by atoms with E-state index in [9.17, 15) is 26.3 Å². The van der Waals surface area contributed by atoms with Gasteiger partial charge in [0.05, 0.1) is 28.6 Å². The zero-order chi connectivity index (χ0) is 32.5. The monoisotopic (exact) mass is 648 g/mol. The summed E-state index contributed by atoms with van der Waals surface area (Å²) in [6.45, 7) is 1.89. The number of alkyl halides is 6. The number of imidazole rings is 1. The van der Waals surface area contributed by atoms with Crippen LogP contribution in [0.5, 0.6) is 5.75 Å². The molecular formula is C26H23ClF6N6O5. The number of nitrogens with zero attached hydrogens (tertiary/aromatic N) is 4. The third kappa shape index (κ3) is 9.70. The molecule has 1 aliphatic rings. The molecule has 4 N–H and O–H groups in total. The first-order valence-corrected chi connectivity index (χ1v) is 12.8. The lowest BCUT2D eigenvalue weighted by Crippen LogP contribution is -2.37. The van der Waals surface area contributed by atoms with E-state index in [1.165, 1.54) is 0 Å². The molecule has 18 heteroatoms. The molecule has 0 radical (unpaired) electrons. The number of aliphatic carboxylic acids is 2. The van der Waals surface area contributed by atoms with Crippen molar-refractivity contribution in [2.45, 2.75) is 31.3 Å². The van der Waals surface area contributed by atoms with Crippen LogP contribution in [0.25, 0.3) is 16.8 Å². The van der Waals surface area contributed by atoms with E-state index in [2.05, 4.69) is 20.6 Å². The number of carboxylic acid groups (broad SMARTS) is 2. The van der Waals surface area contributed by atoms with Crippen LogP contribution in [-0.4, -0.2) is 73.3 Å². The first-order valence-electron chi connectivity index (χ1n) is 12.4. The maximum absolute atomic E-state index is 10.6. The number of anilines is 2. The second kappa shape index (κ2) is 14.7. The van der Waals surface area contributed by atoms with Crippen LogP contribution in [0.1, 0.15) is 12.8 Å². The smallest absolute Gasteiger partial charge is 0.487 e. The van der Waals surface area contributed by atoms with E-state index >= 15 is 0 Å². The van der Waals surface area contributed by atoms with Crippen molar-refractivity contribution in [2.24, 2.45) is 0 Å². The summed E-state index contributed by atoms with van der Waals surface area (Å²) in [5.74, 6) is -4.18. The average molecular weight is 649 g/mol. The number of rotatable bonds is 5. The van der Waals surface area contributed by atoms with Crippen LogP contribution >= 0.6 is 11.6 Å². The van der Waals surface area contributed by atoms with Crippen molar-refractivity contribution >= 4 is 40.7 Å². The number of fused-ring (bicyclic) bond motifs is 1. The van der Waals surface area contributed by atoms with Gasteiger partial charge in [-0.1, -0.05) is 29.8 Å². The number of ether oxygens (including phenoxy) is 1. The fourth-order valence-corrected chi connectivity index (χ4v) is 3.81. The molecule has 44 heavy (non-hydrogen) atoms. The van der Waals surface area contributed by atoms with Crippen LogP contribution in [-0.2, 0) is 9.59 Å². The molecule has 236 valence electrons. The van der Waals surface area contributed by atoms with Crippen LogP contribution in [0.15, 0.2) is 61.1 Å². The fraction of sp³-hybridized carbons (Fsp3) is 0.269. The number of aromatic nitrogens is 4. The molecule has 1 aromatic carbocycles. The highest BCUT2D eigenvalue weighted by molar-refractivity contribution is 6.33. The number of benzene rings is 1. The van der Waals surface area contributed by atoms with Gasteiger partial charge >= 0.3 is 24.3 Å². The number of hydrogen-bond acceptors (Lipinski definition) is 8. The highest BCUT2D eigenvalue weighted by Crippen LogP contribution is 2.30. The third-order valence-corrected chi connectivity index (χ3v) is 5.92. The maximum Gasteiger partial charge on any atom is 0.490 e. The van der Waals surface area contributed by atoms with E-state index < -0.39 is 24.3 Å². The van der Waals surface area contributed by atoms with Crippen molar-refractivity contribution in [3.05, 3.63) is 66.1 Å². The minimum absolute atomic E-state index is 0.142. The number of nitrogens with one attached hydrogen (secondary N) is 2. The summed E-state index contributed by atoms with van der Waals surface area (Å²) in [5, 5.41) is 26.3. The first-order chi connectivity index (χ1) is 20.7. The van der Waals surface area contributed by atoms with Gasteiger partial charge in [0.1, 0.15) is 17.5 Å². The molecule has 4 heterocycles. The van der Waals surface area contributed by atoms with Gasteiger partial charge in [0.2, 0.25) is 5.95 Å². The lowest BCUT2D eigenvalue weighted by molar-refractivity contribution is -0.193. The number of hydrogen-bond donors (Lipinski definition) is 4. The van der Waals surface area contributed by atoms with E-state index in [0.29, 0.717) is 11.0 Å². The van der Waals surface area contributed by atoms with E-state index in [1.54, 1.807) is 23.1 Å². The van der Waals surface area contributed by atoms with Crippen molar-refractivity contribution in [2.75, 3.05) is 18.4 Å². The molecule has 11 nitrogen and oxygen atoms in total. The zero-order valence-corrected chi connectivity index (χ0v) is 23.0. The molecular weight excluding hydrogens is 626 g/mol. The zero-order valence-electron chi connectivity index (χ0n) is 22.2. The Kier molecular flexibility index (Phi) is 11.3. The molecule has 0 amide bonds. The fourth-order valence-electron chi connectivity index (χ4n) is 3.58. The summed E-state index contributed by atoms with van der Waals surface area (Å²) in [6.07, 6.45) is -2.64. The van der Waals surface area contributed by atoms with Gasteiger partial charge in [-0.2, -0.15) is 36.0 Å². The largest absolute Gasteiger partial charge is 0.490 e. The molecule has 0 unspecified atom stereocenters. The van der Waals surface area contributed by atoms with E-state index in [1.807, 2.05) is 42.5 Å². The normalized spacial score (nSPS) is 14.8. The Labute approximate surface area is 249 Å². The average Bonchev–Trinajstić information content (AvgIpc) is 3.36. The van der Waals surface area contributed by atoms with Crippen molar-refractivity contribution in [1.82, 2.24) is 24.9 Å². The minimum atomic E-state index is -5.08. The third-order valence-electron chi connectivity index (χ3n) is 5.59. The summed E-state index contributed by atoms with van der Waals surface area (Å²) in [6, 6.07) is 13.4. The van der Waals surface area contributed by atoms with E-state index in [4.69, 9.17) is 41.2 Å². The molecule has 0 aliphatic carbocycles. The van der Waals surface area contributed by atoms with Crippen LogP contribution in [0.2, 0.25) is 5.02 Å². The number of pyridine rings is 1. The summed E-state index contributed by atoms with van der Waals surface area (Å²) < 4.78 is 71.4. The summed E-state index contributed by atoms with van der Waals surface area (Å²) in [4.78, 5) is 26.5. The molecule has 0 bridgehead atoms. The second-order valence-electron chi connectivity index (χ2n) is 8.81. The number of piperidine rings is 1. The van der Waals surface area contributed by atoms with Gasteiger partial charge in [-0.25, -0.2) is 14.6 Å². The predicted octanol–water partition coefficient (Wildman–Crippen LogP) is 5.59. The number of carboxylic acids is 2. The molecule has 5 rings (SSSR count). The highest BCUT2D eigenvalue weighted by atomic mass is 35.5. The predicted molar refractivity (Wildman–Crippen MR) is 145 cm³/mol. The second-order valence-corrected chi connectivity index (χ2v) is 9.21. The van der Waals surface area contributed by atoms with Crippen molar-refractivity contribution in [3.8, 4) is 17.0 Å². The molecule has 4 aromatic rings. The first kappa shape index (κ1) is 33.9. The lowest BCUT2D eigenvalue weighted by atomic mass is 10.1. The van der Waals surface area contributed by atoms with E-state index in [-0.39, 0.29) is 6.10 Å². The molecule has 3 aromatic heterocycles. The summed E-state index contributed by atoms with van der Waals surface area (Å²) >= 11 is 6.36. The van der Waals surface area contributed by atoms with Gasteiger partial charge in [0, 0.05) is 24.4 Å². The summed E-state index contributed by atoms with van der Waals surface area (Å²) in [7, 11) is 0. The van der Waals surface area contributed by atoms with Crippen molar-refractivity contribution in [3.63, 3.8) is 0 Å². The Morgan fingerprint density at radius 3 is 2.25 bits per heavy atom. The van der Waals surface area contributed by atoms with Gasteiger partial charge in [-0.15, -0.1) is 0 Å². The maximum atomic E-state index is 10.6. The topological polar surface area (TPSA) is 151 Å². The highest BCUT2D eigenvalue weighted by Gasteiger charge is 2.38. The number of halogens is 7. The molecule has 1 aliphatic heterocycles. The van der Waals surface area contributed by atoms with Crippen LogP contribution in [0.4, 0.5) is 38.0 Å². The van der Waals surface area contributed by atoms with Gasteiger partial charge in [-0.05, 0) is 37.6 Å². The van der Waals surface area contributed by atoms with Gasteiger partial charge in [-0.3, -0.25) is 4.98 Å². The van der Waals surface area contributed by atoms with Gasteiger partial charge in [0.25, 0.3) is 0 Å². The van der Waals surface area contributed by atoms with Gasteiger partial charge < -0.3 is 25.6 Å². The Bertz CT molecular complexity index is 1550. The molecule has 1 saturated heterocycles. The van der Waals surface area contributed by atoms with Crippen LogP contribution < -0.4 is 15.4 Å². The lowest BCUT2D eigenvalue weighted by Gasteiger charge is -2.25. The van der Waals surface area contributed by atoms with Crippen molar-refractivity contribution in [1.29, 1.82) is 0 Å². The molecule has 1 atom stereocenters. The Morgan fingerprint density at radius 2 is 1.66 bits per heavy atom. The molecule has 1 fully saturated rings. The standard InChI is InChI=1S/C22H21ClN6O.2C2HF3O2/c23-18-6-2-1-5-17(18)19-8-7-15-12-26-22(29(15)28-19)27-20-14-25-11-9-21(20)30-16-4-3-10-24-13-16;2*3-2(4,5)1(6)7/h1-2,5-9,11-12,14,16,24H,3-4,10,13H2,(H,26,27);2*(H,6,7)/t16-;;/m0../s1. The van der Waals surface area contributed by atoms with Crippen LogP contribution in [0.3, 0.4) is 0 Å².